The van der Waals surface area contributed by atoms with Crippen LogP contribution in [0.2, 0.25) is 6.55 Å². The number of nitrogens with one attached hydrogen (secondary N) is 1. The van der Waals surface area contributed by atoms with Gasteiger partial charge in [0, 0.05) is 58.3 Å². The van der Waals surface area contributed by atoms with Gasteiger partial charge < -0.3 is 20.2 Å². The van der Waals surface area contributed by atoms with Crippen molar-refractivity contribution in [1.29, 1.82) is 0 Å². The van der Waals surface area contributed by atoms with Gasteiger partial charge in [-0.1, -0.05) is 37.7 Å². The molecule has 2 N–H and O–H groups in total. The van der Waals surface area contributed by atoms with Crippen molar-refractivity contribution in [2.45, 2.75) is 63.4 Å². The van der Waals surface area contributed by atoms with E-state index in [1.807, 2.05) is 16.3 Å². The van der Waals surface area contributed by atoms with E-state index in [0.29, 0.717) is 41.5 Å². The smallest absolute Gasteiger partial charge is 0.317 e. The topological polar surface area (TPSA) is 76.1 Å². The lowest BCUT2D eigenvalue weighted by Crippen LogP contribution is -2.59. The molecule has 0 aliphatic carbocycles. The fraction of sp³-hybridized carbons (Fsp3) is 0.680. The van der Waals surface area contributed by atoms with Crippen LogP contribution >= 0.6 is 0 Å². The summed E-state index contributed by atoms with van der Waals surface area (Å²) in [7, 11) is 0.308. The average Bonchev–Trinajstić information content (AvgIpc) is 2.84. The van der Waals surface area contributed by atoms with Crippen LogP contribution in [0.1, 0.15) is 43.7 Å². The molecule has 180 valence electrons. The lowest BCUT2D eigenvalue weighted by molar-refractivity contribution is -0.138. The first-order chi connectivity index (χ1) is 15.9. The van der Waals surface area contributed by atoms with E-state index < -0.39 is 5.22 Å². The van der Waals surface area contributed by atoms with E-state index >= 15 is 0 Å². The highest BCUT2D eigenvalue weighted by Gasteiger charge is 2.35. The van der Waals surface area contributed by atoms with Gasteiger partial charge in [-0.3, -0.25) is 9.69 Å². The number of piperidine rings is 2. The molecule has 3 aliphatic heterocycles. The zero-order valence-corrected chi connectivity index (χ0v) is 21.1. The normalized spacial score (nSPS) is 26.0. The van der Waals surface area contributed by atoms with Crippen molar-refractivity contribution in [2.24, 2.45) is 5.92 Å². The molecule has 8 heteroatoms. The predicted molar refractivity (Wildman–Crippen MR) is 130 cm³/mol. The lowest BCUT2D eigenvalue weighted by Gasteiger charge is -2.42. The van der Waals surface area contributed by atoms with Crippen LogP contribution in [-0.4, -0.2) is 91.8 Å². The Morgan fingerprint density at radius 3 is 2.76 bits per heavy atom. The highest BCUT2D eigenvalue weighted by molar-refractivity contribution is 6.38. The van der Waals surface area contributed by atoms with Crippen LogP contribution in [0.5, 0.6) is 0 Å². The Morgan fingerprint density at radius 2 is 1.97 bits per heavy atom. The molecule has 3 heterocycles. The first-order valence-electron chi connectivity index (χ1n) is 12.4. The summed E-state index contributed by atoms with van der Waals surface area (Å²) in [6.45, 7) is 8.86. The van der Waals surface area contributed by atoms with Crippen LogP contribution in [-0.2, 0) is 17.8 Å². The summed E-state index contributed by atoms with van der Waals surface area (Å²) in [5.74, 6) is 0.749. The third-order valence-electron chi connectivity index (χ3n) is 7.50. The molecule has 1 aromatic carbocycles. The number of carbonyl (C=O) groups excluding carboxylic acids is 2. The summed E-state index contributed by atoms with van der Waals surface area (Å²) in [4.78, 5) is 31.6. The summed E-state index contributed by atoms with van der Waals surface area (Å²) in [6, 6.07) is 8.49. The average molecular weight is 471 g/mol. The molecule has 0 bridgehead atoms. The van der Waals surface area contributed by atoms with E-state index in [-0.39, 0.29) is 24.5 Å². The summed E-state index contributed by atoms with van der Waals surface area (Å²) in [5.41, 5.74) is 2.72. The number of rotatable bonds is 6. The molecule has 0 aromatic heterocycles. The Morgan fingerprint density at radius 1 is 1.18 bits per heavy atom. The summed E-state index contributed by atoms with van der Waals surface area (Å²) >= 11 is 0. The van der Waals surface area contributed by atoms with Crippen molar-refractivity contribution < 1.29 is 14.7 Å². The largest absolute Gasteiger partial charge is 0.391 e. The van der Waals surface area contributed by atoms with Gasteiger partial charge in [0.25, 0.3) is 0 Å². The van der Waals surface area contributed by atoms with Crippen LogP contribution in [0.25, 0.3) is 0 Å². The summed E-state index contributed by atoms with van der Waals surface area (Å²) in [5, 5.41) is 13.3. The number of hydrogen-bond acceptors (Lipinski definition) is 4. The number of nitrogens with zero attached hydrogens (tertiary/aromatic N) is 3. The van der Waals surface area contributed by atoms with Crippen molar-refractivity contribution >= 4 is 21.5 Å². The molecule has 3 amide bonds. The molecule has 0 saturated carbocycles. The number of β-amino-alcohol motifs (C(OH)–C–C–N with tert-alkyl or cyclic N) is 1. The van der Waals surface area contributed by atoms with Crippen LogP contribution in [0.4, 0.5) is 4.79 Å². The number of benzene rings is 1. The summed E-state index contributed by atoms with van der Waals surface area (Å²) < 4.78 is 0. The van der Waals surface area contributed by atoms with Gasteiger partial charge in [0.1, 0.15) is 0 Å². The van der Waals surface area contributed by atoms with Crippen molar-refractivity contribution in [3.8, 4) is 0 Å². The standard InChI is InChI=1S/C25H38N4O3Si/c1-19-9-10-23(30)29(14-19)22-8-5-12-28(16-22)24(31)26-17-25(32,33-2)18-27-13-11-20-6-3-4-7-21(20)15-27/h3-4,6-7,19,22,32H,5,8-18H2,1-2H3,(H,26,31)/t19-,22+,25-/m0/s1. The van der Waals surface area contributed by atoms with Crippen LogP contribution in [0.3, 0.4) is 0 Å². The quantitative estimate of drug-likeness (QED) is 0.623. The van der Waals surface area contributed by atoms with Gasteiger partial charge in [-0.2, -0.15) is 0 Å². The van der Waals surface area contributed by atoms with Crippen LogP contribution < -0.4 is 5.32 Å². The molecule has 0 spiro atoms. The van der Waals surface area contributed by atoms with E-state index in [1.54, 1.807) is 0 Å². The highest BCUT2D eigenvalue weighted by Crippen LogP contribution is 2.24. The third kappa shape index (κ3) is 5.97. The molecule has 2 radical (unpaired) electrons. The van der Waals surface area contributed by atoms with Gasteiger partial charge >= 0.3 is 6.03 Å². The Bertz CT molecular complexity index is 853. The number of urea groups is 1. The fourth-order valence-corrected chi connectivity index (χ4v) is 6.05. The molecule has 1 aromatic rings. The first-order valence-corrected chi connectivity index (χ1v) is 13.9. The van der Waals surface area contributed by atoms with Crippen molar-refractivity contribution in [1.82, 2.24) is 20.0 Å². The predicted octanol–water partition coefficient (Wildman–Crippen LogP) is 1.92. The maximum Gasteiger partial charge on any atom is 0.317 e. The second-order valence-electron chi connectivity index (χ2n) is 10.1. The van der Waals surface area contributed by atoms with Gasteiger partial charge in [-0.25, -0.2) is 4.79 Å². The van der Waals surface area contributed by atoms with E-state index in [4.69, 9.17) is 0 Å². The number of amides is 3. The molecular weight excluding hydrogens is 432 g/mol. The van der Waals surface area contributed by atoms with Gasteiger partial charge in [0.05, 0.1) is 14.7 Å². The minimum atomic E-state index is -0.935. The van der Waals surface area contributed by atoms with E-state index in [1.165, 1.54) is 11.1 Å². The zero-order chi connectivity index (χ0) is 23.4. The van der Waals surface area contributed by atoms with Crippen molar-refractivity contribution in [2.75, 3.05) is 39.3 Å². The molecule has 3 aliphatic rings. The fourth-order valence-electron chi connectivity index (χ4n) is 5.40. The Kier molecular flexibility index (Phi) is 7.76. The Balaban J connectivity index is 1.29. The minimum absolute atomic E-state index is 0.111. The first kappa shape index (κ1) is 24.2. The zero-order valence-electron chi connectivity index (χ0n) is 20.1. The maximum atomic E-state index is 13.0. The molecule has 2 saturated heterocycles. The molecule has 2 fully saturated rings. The second kappa shape index (κ2) is 10.6. The number of hydrogen-bond donors (Lipinski definition) is 2. The molecule has 4 rings (SSSR count). The molecule has 0 unspecified atom stereocenters. The second-order valence-corrected chi connectivity index (χ2v) is 11.5. The maximum absolute atomic E-state index is 13.0. The van der Waals surface area contributed by atoms with Gasteiger partial charge in [-0.15, -0.1) is 0 Å². The summed E-state index contributed by atoms with van der Waals surface area (Å²) in [6.07, 6.45) is 4.44. The number of aliphatic hydroxyl groups is 1. The minimum Gasteiger partial charge on any atom is -0.391 e. The number of likely N-dealkylation sites (tertiary alicyclic amines) is 2. The SMILES string of the molecule is C[Si][C@@](O)(CNC(=O)N1CCC[C@@H](N2C[C@@H](C)CCC2=O)C1)CN1CCc2ccccc2C1. The Labute approximate surface area is 200 Å². The van der Waals surface area contributed by atoms with Crippen molar-refractivity contribution in [3.63, 3.8) is 0 Å². The molecule has 3 atom stereocenters. The lowest BCUT2D eigenvalue weighted by atomic mass is 9.95. The van der Waals surface area contributed by atoms with Gasteiger partial charge in [0.2, 0.25) is 5.91 Å². The Hall–Kier alpha value is -1.90. The van der Waals surface area contributed by atoms with E-state index in [0.717, 1.165) is 45.3 Å². The molecule has 33 heavy (non-hydrogen) atoms. The van der Waals surface area contributed by atoms with Crippen LogP contribution in [0, 0.1) is 5.92 Å². The van der Waals surface area contributed by atoms with E-state index in [2.05, 4.69) is 41.4 Å². The van der Waals surface area contributed by atoms with Crippen molar-refractivity contribution in [3.05, 3.63) is 35.4 Å². The molecular formula is C25H38N4O3Si. The number of fused-ring (bicyclic) bond motifs is 1. The van der Waals surface area contributed by atoms with Gasteiger partial charge in [0.15, 0.2) is 0 Å². The highest BCUT2D eigenvalue weighted by atomic mass is 28.2. The number of carbonyl (C=O) groups is 2. The van der Waals surface area contributed by atoms with Crippen LogP contribution in [0.15, 0.2) is 24.3 Å². The molecule has 7 nitrogen and oxygen atoms in total. The monoisotopic (exact) mass is 470 g/mol. The van der Waals surface area contributed by atoms with E-state index in [9.17, 15) is 14.7 Å². The third-order valence-corrected chi connectivity index (χ3v) is 8.76. The van der Waals surface area contributed by atoms with Gasteiger partial charge in [-0.05, 0) is 42.7 Å².